The number of rotatable bonds is 1. The first-order valence-corrected chi connectivity index (χ1v) is 5.94. The smallest absolute Gasteiger partial charge is 0.256 e. The second kappa shape index (κ2) is 4.15. The van der Waals surface area contributed by atoms with E-state index in [-0.39, 0.29) is 5.91 Å². The Hall–Kier alpha value is -2.35. The number of amides is 1. The summed E-state index contributed by atoms with van der Waals surface area (Å²) in [6.07, 6.45) is 1.95. The third kappa shape index (κ3) is 1.72. The van der Waals surface area contributed by atoms with Gasteiger partial charge >= 0.3 is 0 Å². The highest BCUT2D eigenvalue weighted by molar-refractivity contribution is 6.34. The fourth-order valence-corrected chi connectivity index (χ4v) is 2.19. The van der Waals surface area contributed by atoms with Crippen LogP contribution in [-0.2, 0) is 4.79 Å². The molecule has 0 atom stereocenters. The van der Waals surface area contributed by atoms with E-state index in [0.717, 1.165) is 22.4 Å². The van der Waals surface area contributed by atoms with Gasteiger partial charge in [-0.2, -0.15) is 0 Å². The highest BCUT2D eigenvalue weighted by atomic mass is 16.1. The minimum Gasteiger partial charge on any atom is -0.321 e. The Labute approximate surface area is 106 Å². The summed E-state index contributed by atoms with van der Waals surface area (Å²) in [4.78, 5) is 12.0. The molecule has 0 aliphatic carbocycles. The van der Waals surface area contributed by atoms with Crippen molar-refractivity contribution in [3.8, 4) is 0 Å². The molecule has 0 spiro atoms. The van der Waals surface area contributed by atoms with E-state index in [1.54, 1.807) is 0 Å². The second-order valence-electron chi connectivity index (χ2n) is 4.41. The van der Waals surface area contributed by atoms with Crippen LogP contribution >= 0.6 is 0 Å². The van der Waals surface area contributed by atoms with E-state index >= 15 is 0 Å². The molecule has 2 aromatic carbocycles. The number of nitrogens with one attached hydrogen (secondary N) is 1. The maximum absolute atomic E-state index is 12.0. The van der Waals surface area contributed by atoms with Gasteiger partial charge in [-0.15, -0.1) is 0 Å². The Balaban J connectivity index is 2.13. The number of carbonyl (C=O) groups is 1. The Morgan fingerprint density at radius 1 is 1.00 bits per heavy atom. The largest absolute Gasteiger partial charge is 0.321 e. The first kappa shape index (κ1) is 10.8. The molecule has 1 aliphatic heterocycles. The van der Waals surface area contributed by atoms with Crippen molar-refractivity contribution < 1.29 is 4.79 Å². The molecule has 2 heteroatoms. The van der Waals surface area contributed by atoms with Crippen molar-refractivity contribution in [2.24, 2.45) is 0 Å². The molecule has 0 saturated carbocycles. The summed E-state index contributed by atoms with van der Waals surface area (Å²) in [6, 6.07) is 15.8. The Morgan fingerprint density at radius 2 is 1.72 bits per heavy atom. The Morgan fingerprint density at radius 3 is 2.56 bits per heavy atom. The number of benzene rings is 2. The highest BCUT2D eigenvalue weighted by Gasteiger charge is 2.23. The van der Waals surface area contributed by atoms with Crippen molar-refractivity contribution in [1.82, 2.24) is 0 Å². The fraction of sp³-hybridized carbons (Fsp3) is 0.0625. The Kier molecular flexibility index (Phi) is 2.49. The second-order valence-corrected chi connectivity index (χ2v) is 4.41. The minimum absolute atomic E-state index is 0.0283. The van der Waals surface area contributed by atoms with Gasteiger partial charge in [-0.3, -0.25) is 4.79 Å². The third-order valence-electron chi connectivity index (χ3n) is 3.20. The van der Waals surface area contributed by atoms with Crippen LogP contribution in [0.15, 0.2) is 48.5 Å². The summed E-state index contributed by atoms with van der Waals surface area (Å²) < 4.78 is 0. The van der Waals surface area contributed by atoms with Gasteiger partial charge in [-0.1, -0.05) is 42.5 Å². The standard InChI is InChI=1S/C16H13NO/c1-11-6-2-3-7-12(11)10-14-13-8-4-5-9-15(13)17-16(14)18/h2-10H,1H3,(H,17,18). The van der Waals surface area contributed by atoms with Crippen LogP contribution in [-0.4, -0.2) is 5.91 Å². The molecule has 0 unspecified atom stereocenters. The molecule has 18 heavy (non-hydrogen) atoms. The minimum atomic E-state index is -0.0283. The molecule has 3 rings (SSSR count). The lowest BCUT2D eigenvalue weighted by atomic mass is 10.0. The summed E-state index contributed by atoms with van der Waals surface area (Å²) in [5.41, 5.74) is 4.86. The molecule has 0 saturated heterocycles. The molecule has 2 nitrogen and oxygen atoms in total. The van der Waals surface area contributed by atoms with Crippen molar-refractivity contribution in [2.75, 3.05) is 5.32 Å². The Bertz CT molecular complexity index is 656. The molecule has 0 aromatic heterocycles. The zero-order valence-corrected chi connectivity index (χ0v) is 10.1. The van der Waals surface area contributed by atoms with Crippen molar-refractivity contribution in [2.45, 2.75) is 6.92 Å². The normalized spacial score (nSPS) is 15.6. The van der Waals surface area contributed by atoms with E-state index in [1.165, 1.54) is 5.56 Å². The number of aryl methyl sites for hydroxylation is 1. The number of anilines is 1. The van der Waals surface area contributed by atoms with Gasteiger partial charge in [0.05, 0.1) is 0 Å². The lowest BCUT2D eigenvalue weighted by molar-refractivity contribution is -0.110. The number of fused-ring (bicyclic) bond motifs is 1. The van der Waals surface area contributed by atoms with E-state index in [2.05, 4.69) is 5.32 Å². The average molecular weight is 235 g/mol. The molecule has 2 aromatic rings. The molecule has 1 N–H and O–H groups in total. The zero-order chi connectivity index (χ0) is 12.5. The van der Waals surface area contributed by atoms with E-state index in [4.69, 9.17) is 0 Å². The van der Waals surface area contributed by atoms with Gasteiger partial charge in [0.15, 0.2) is 0 Å². The van der Waals surface area contributed by atoms with Gasteiger partial charge < -0.3 is 5.32 Å². The zero-order valence-electron chi connectivity index (χ0n) is 10.1. The lowest BCUT2D eigenvalue weighted by Gasteiger charge is -2.01. The molecule has 1 amide bonds. The fourth-order valence-electron chi connectivity index (χ4n) is 2.19. The summed E-state index contributed by atoms with van der Waals surface area (Å²) in [7, 11) is 0. The summed E-state index contributed by atoms with van der Waals surface area (Å²) in [6.45, 7) is 2.05. The van der Waals surface area contributed by atoms with Crippen molar-refractivity contribution in [3.63, 3.8) is 0 Å². The number of para-hydroxylation sites is 1. The van der Waals surface area contributed by atoms with E-state index in [0.29, 0.717) is 0 Å². The van der Waals surface area contributed by atoms with Crippen molar-refractivity contribution >= 4 is 23.2 Å². The van der Waals surface area contributed by atoms with Crippen LogP contribution in [0, 0.1) is 6.92 Å². The van der Waals surface area contributed by atoms with E-state index in [1.807, 2.05) is 61.5 Å². The van der Waals surface area contributed by atoms with Gasteiger partial charge in [0.1, 0.15) is 0 Å². The van der Waals surface area contributed by atoms with Crippen LogP contribution in [0.1, 0.15) is 16.7 Å². The molecule has 88 valence electrons. The predicted octanol–water partition coefficient (Wildman–Crippen LogP) is 3.49. The molecular formula is C16H13NO. The van der Waals surface area contributed by atoms with Crippen molar-refractivity contribution in [3.05, 3.63) is 65.2 Å². The first-order valence-electron chi connectivity index (χ1n) is 5.94. The SMILES string of the molecule is Cc1ccccc1C=C1C(=O)Nc2ccccc21. The summed E-state index contributed by atoms with van der Waals surface area (Å²) >= 11 is 0. The van der Waals surface area contributed by atoms with E-state index < -0.39 is 0 Å². The summed E-state index contributed by atoms with van der Waals surface area (Å²) in [5.74, 6) is -0.0283. The topological polar surface area (TPSA) is 29.1 Å². The quantitative estimate of drug-likeness (QED) is 0.753. The molecule has 0 radical (unpaired) electrons. The molecule has 1 heterocycles. The van der Waals surface area contributed by atoms with Gasteiger partial charge in [0, 0.05) is 16.8 Å². The van der Waals surface area contributed by atoms with E-state index in [9.17, 15) is 4.79 Å². The van der Waals surface area contributed by atoms with Gasteiger partial charge in [0.2, 0.25) is 0 Å². The van der Waals surface area contributed by atoms with Crippen LogP contribution in [0.5, 0.6) is 0 Å². The maximum Gasteiger partial charge on any atom is 0.256 e. The van der Waals surface area contributed by atoms with Crippen LogP contribution in [0.2, 0.25) is 0 Å². The average Bonchev–Trinajstić information content (AvgIpc) is 2.69. The molecular weight excluding hydrogens is 222 g/mol. The van der Waals surface area contributed by atoms with Crippen LogP contribution < -0.4 is 5.32 Å². The van der Waals surface area contributed by atoms with Crippen LogP contribution in [0.3, 0.4) is 0 Å². The third-order valence-corrected chi connectivity index (χ3v) is 3.20. The number of hydrogen-bond acceptors (Lipinski definition) is 1. The highest BCUT2D eigenvalue weighted by Crippen LogP contribution is 2.32. The number of carbonyl (C=O) groups excluding carboxylic acids is 1. The van der Waals surface area contributed by atoms with Gasteiger partial charge in [0.25, 0.3) is 5.91 Å². The van der Waals surface area contributed by atoms with Crippen LogP contribution in [0.4, 0.5) is 5.69 Å². The van der Waals surface area contributed by atoms with Crippen molar-refractivity contribution in [1.29, 1.82) is 0 Å². The van der Waals surface area contributed by atoms with Gasteiger partial charge in [-0.05, 0) is 30.2 Å². The molecule has 0 bridgehead atoms. The first-order chi connectivity index (χ1) is 8.75. The maximum atomic E-state index is 12.0. The summed E-state index contributed by atoms with van der Waals surface area (Å²) in [5, 5.41) is 2.88. The van der Waals surface area contributed by atoms with Gasteiger partial charge in [-0.25, -0.2) is 0 Å². The number of hydrogen-bond donors (Lipinski definition) is 1. The molecule has 0 fully saturated rings. The lowest BCUT2D eigenvalue weighted by Crippen LogP contribution is -2.03. The monoisotopic (exact) mass is 235 g/mol. The molecule has 1 aliphatic rings. The van der Waals surface area contributed by atoms with Crippen LogP contribution in [0.25, 0.3) is 11.6 Å². The predicted molar refractivity (Wildman–Crippen MR) is 74.1 cm³/mol.